The van der Waals surface area contributed by atoms with E-state index in [0.717, 1.165) is 29.7 Å². The molecule has 1 aromatic carbocycles. The second-order valence-corrected chi connectivity index (χ2v) is 6.16. The maximum absolute atomic E-state index is 6.14. The monoisotopic (exact) mass is 295 g/mol. The van der Waals surface area contributed by atoms with E-state index in [4.69, 9.17) is 16.3 Å². The van der Waals surface area contributed by atoms with Crippen molar-refractivity contribution in [1.29, 1.82) is 0 Å². The molecular formula is C17H26ClNO. The molecule has 1 aromatic rings. The van der Waals surface area contributed by atoms with Gasteiger partial charge in [-0.05, 0) is 55.5 Å². The molecule has 1 aliphatic rings. The highest BCUT2D eigenvalue weighted by Gasteiger charge is 2.24. The van der Waals surface area contributed by atoms with E-state index in [2.05, 4.69) is 12.2 Å². The van der Waals surface area contributed by atoms with Crippen LogP contribution >= 0.6 is 11.6 Å². The number of hydrogen-bond acceptors (Lipinski definition) is 2. The van der Waals surface area contributed by atoms with Gasteiger partial charge in [-0.3, -0.25) is 0 Å². The largest absolute Gasteiger partial charge is 0.496 e. The number of ether oxygens (including phenoxy) is 1. The zero-order valence-corrected chi connectivity index (χ0v) is 13.4. The molecule has 1 unspecified atom stereocenters. The van der Waals surface area contributed by atoms with Crippen LogP contribution in [0.25, 0.3) is 0 Å². The van der Waals surface area contributed by atoms with Crippen LogP contribution in [0.1, 0.15) is 44.6 Å². The summed E-state index contributed by atoms with van der Waals surface area (Å²) in [5.41, 5.74) is 1.22. The molecule has 1 N–H and O–H groups in total. The first kappa shape index (κ1) is 15.7. The number of halogens is 1. The van der Waals surface area contributed by atoms with Gasteiger partial charge in [0.25, 0.3) is 0 Å². The highest BCUT2D eigenvalue weighted by Crippen LogP contribution is 2.31. The van der Waals surface area contributed by atoms with Gasteiger partial charge in [0.05, 0.1) is 7.11 Å². The quantitative estimate of drug-likeness (QED) is 0.837. The molecule has 1 atom stereocenters. The molecule has 0 heterocycles. The van der Waals surface area contributed by atoms with Crippen LogP contribution in [0.4, 0.5) is 0 Å². The van der Waals surface area contributed by atoms with Gasteiger partial charge in [0.2, 0.25) is 0 Å². The summed E-state index contributed by atoms with van der Waals surface area (Å²) in [7, 11) is 1.73. The van der Waals surface area contributed by atoms with Crippen LogP contribution in [-0.4, -0.2) is 19.7 Å². The lowest BCUT2D eigenvalue weighted by Gasteiger charge is -2.31. The zero-order chi connectivity index (χ0) is 14.4. The van der Waals surface area contributed by atoms with Gasteiger partial charge in [-0.1, -0.05) is 37.8 Å². The molecule has 1 fully saturated rings. The van der Waals surface area contributed by atoms with Crippen LogP contribution in [-0.2, 0) is 6.42 Å². The predicted octanol–water partition coefficient (Wildman–Crippen LogP) is 4.45. The molecule has 3 heteroatoms. The Morgan fingerprint density at radius 3 is 2.70 bits per heavy atom. The van der Waals surface area contributed by atoms with E-state index >= 15 is 0 Å². The zero-order valence-electron chi connectivity index (χ0n) is 12.6. The van der Waals surface area contributed by atoms with Gasteiger partial charge in [0.15, 0.2) is 0 Å². The summed E-state index contributed by atoms with van der Waals surface area (Å²) in [6.07, 6.45) is 7.84. The number of methoxy groups -OCH3 is 1. The minimum atomic E-state index is 0.535. The molecule has 20 heavy (non-hydrogen) atoms. The molecule has 2 rings (SSSR count). The molecule has 2 nitrogen and oxygen atoms in total. The van der Waals surface area contributed by atoms with Crippen LogP contribution in [0.2, 0.25) is 5.02 Å². The van der Waals surface area contributed by atoms with Crippen molar-refractivity contribution in [2.24, 2.45) is 5.92 Å². The summed E-state index contributed by atoms with van der Waals surface area (Å²) in [6, 6.07) is 6.45. The van der Waals surface area contributed by atoms with Crippen LogP contribution < -0.4 is 10.1 Å². The van der Waals surface area contributed by atoms with Crippen molar-refractivity contribution in [1.82, 2.24) is 5.32 Å². The molecule has 0 bridgehead atoms. The Kier molecular flexibility index (Phi) is 6.18. The average Bonchev–Trinajstić information content (AvgIpc) is 2.48. The fourth-order valence-electron chi connectivity index (χ4n) is 3.35. The number of rotatable bonds is 6. The van der Waals surface area contributed by atoms with Crippen LogP contribution in [0.5, 0.6) is 5.75 Å². The van der Waals surface area contributed by atoms with Gasteiger partial charge < -0.3 is 10.1 Å². The standard InChI is InChI=1S/C17H26ClNO/c1-3-19-16(13-7-5-4-6-8-13)12-14-11-15(18)9-10-17(14)20-2/h9-11,13,16,19H,3-8,12H2,1-2H3. The first-order valence-electron chi connectivity index (χ1n) is 7.80. The lowest BCUT2D eigenvalue weighted by atomic mass is 9.81. The van der Waals surface area contributed by atoms with E-state index in [1.54, 1.807) is 7.11 Å². The molecule has 1 saturated carbocycles. The molecule has 0 radical (unpaired) electrons. The fourth-order valence-corrected chi connectivity index (χ4v) is 3.54. The number of nitrogens with one attached hydrogen (secondary N) is 1. The van der Waals surface area contributed by atoms with E-state index in [1.807, 2.05) is 18.2 Å². The smallest absolute Gasteiger partial charge is 0.122 e. The van der Waals surface area contributed by atoms with Crippen molar-refractivity contribution < 1.29 is 4.74 Å². The SMILES string of the molecule is CCNC(Cc1cc(Cl)ccc1OC)C1CCCCC1. The lowest BCUT2D eigenvalue weighted by Crippen LogP contribution is -2.39. The maximum Gasteiger partial charge on any atom is 0.122 e. The van der Waals surface area contributed by atoms with Crippen LogP contribution in [0.15, 0.2) is 18.2 Å². The molecule has 0 aromatic heterocycles. The van der Waals surface area contributed by atoms with Crippen molar-refractivity contribution in [2.75, 3.05) is 13.7 Å². The topological polar surface area (TPSA) is 21.3 Å². The average molecular weight is 296 g/mol. The van der Waals surface area contributed by atoms with Crippen LogP contribution in [0.3, 0.4) is 0 Å². The van der Waals surface area contributed by atoms with Gasteiger partial charge in [0, 0.05) is 11.1 Å². The Hall–Kier alpha value is -0.730. The number of hydrogen-bond donors (Lipinski definition) is 1. The van der Waals surface area contributed by atoms with Gasteiger partial charge in [-0.25, -0.2) is 0 Å². The number of likely N-dealkylation sites (N-methyl/N-ethyl adjacent to an activating group) is 1. The highest BCUT2D eigenvalue weighted by molar-refractivity contribution is 6.30. The third kappa shape index (κ3) is 4.13. The number of benzene rings is 1. The third-order valence-corrected chi connectivity index (χ3v) is 4.60. The summed E-state index contributed by atoms with van der Waals surface area (Å²) in [6.45, 7) is 3.20. The first-order chi connectivity index (χ1) is 9.74. The van der Waals surface area contributed by atoms with Crippen molar-refractivity contribution in [3.05, 3.63) is 28.8 Å². The second kappa shape index (κ2) is 7.90. The Bertz CT molecular complexity index is 415. The van der Waals surface area contributed by atoms with E-state index in [9.17, 15) is 0 Å². The maximum atomic E-state index is 6.14. The fraction of sp³-hybridized carbons (Fsp3) is 0.647. The third-order valence-electron chi connectivity index (χ3n) is 4.37. The molecule has 1 aliphatic carbocycles. The van der Waals surface area contributed by atoms with Crippen molar-refractivity contribution in [3.8, 4) is 5.75 Å². The van der Waals surface area contributed by atoms with E-state index < -0.39 is 0 Å². The molecule has 0 amide bonds. The molecular weight excluding hydrogens is 270 g/mol. The molecule has 112 valence electrons. The van der Waals surface area contributed by atoms with Gasteiger partial charge >= 0.3 is 0 Å². The summed E-state index contributed by atoms with van der Waals surface area (Å²) in [4.78, 5) is 0. The second-order valence-electron chi connectivity index (χ2n) is 5.72. The molecule has 0 aliphatic heterocycles. The van der Waals surface area contributed by atoms with Crippen molar-refractivity contribution in [3.63, 3.8) is 0 Å². The summed E-state index contributed by atoms with van der Waals surface area (Å²) in [5, 5.41) is 4.46. The lowest BCUT2D eigenvalue weighted by molar-refractivity contribution is 0.268. The summed E-state index contributed by atoms with van der Waals surface area (Å²) >= 11 is 6.14. The minimum absolute atomic E-state index is 0.535. The predicted molar refractivity (Wildman–Crippen MR) is 85.7 cm³/mol. The van der Waals surface area contributed by atoms with E-state index in [0.29, 0.717) is 6.04 Å². The van der Waals surface area contributed by atoms with Crippen LogP contribution in [0, 0.1) is 5.92 Å². The first-order valence-corrected chi connectivity index (χ1v) is 8.18. The van der Waals surface area contributed by atoms with E-state index in [-0.39, 0.29) is 0 Å². The van der Waals surface area contributed by atoms with Crippen molar-refractivity contribution in [2.45, 2.75) is 51.5 Å². The Morgan fingerprint density at radius 2 is 2.05 bits per heavy atom. The van der Waals surface area contributed by atoms with Crippen molar-refractivity contribution >= 4 is 11.6 Å². The van der Waals surface area contributed by atoms with Gasteiger partial charge in [-0.15, -0.1) is 0 Å². The Balaban J connectivity index is 2.12. The minimum Gasteiger partial charge on any atom is -0.496 e. The highest BCUT2D eigenvalue weighted by atomic mass is 35.5. The Labute approximate surface area is 127 Å². The van der Waals surface area contributed by atoms with Gasteiger partial charge in [-0.2, -0.15) is 0 Å². The summed E-state index contributed by atoms with van der Waals surface area (Å²) in [5.74, 6) is 1.74. The van der Waals surface area contributed by atoms with E-state index in [1.165, 1.54) is 37.7 Å². The summed E-state index contributed by atoms with van der Waals surface area (Å²) < 4.78 is 5.48. The Morgan fingerprint density at radius 1 is 1.30 bits per heavy atom. The normalized spacial score (nSPS) is 17.9. The molecule has 0 saturated heterocycles. The van der Waals surface area contributed by atoms with Gasteiger partial charge in [0.1, 0.15) is 5.75 Å². The molecule has 0 spiro atoms.